The first kappa shape index (κ1) is 16.4. The molecule has 16 heavy (non-hydrogen) atoms. The number of aliphatic hydroxyl groups is 1. The van der Waals surface area contributed by atoms with Gasteiger partial charge in [0.15, 0.2) is 0 Å². The summed E-state index contributed by atoms with van der Waals surface area (Å²) >= 11 is 0. The van der Waals surface area contributed by atoms with Gasteiger partial charge in [0.2, 0.25) is 0 Å². The molecule has 2 unspecified atom stereocenters. The fourth-order valence-corrected chi connectivity index (χ4v) is 3.47. The Labute approximate surface area is 89.1 Å². The van der Waals surface area contributed by atoms with Crippen LogP contribution in [0.3, 0.4) is 0 Å². The molecule has 5 N–H and O–H groups in total. The number of phosphoric acid groups is 3. The molecule has 0 fully saturated rings. The molecule has 0 saturated heterocycles. The molecule has 0 aromatic rings. The molecule has 98 valence electrons. The molecule has 0 radical (unpaired) electrons. The van der Waals surface area contributed by atoms with E-state index in [2.05, 4.69) is 13.1 Å². The molecule has 0 rings (SSSR count). The van der Waals surface area contributed by atoms with Crippen molar-refractivity contribution in [1.29, 1.82) is 0 Å². The van der Waals surface area contributed by atoms with Gasteiger partial charge in [-0.15, -0.1) is 0 Å². The molecule has 0 bridgehead atoms. The first-order valence-electron chi connectivity index (χ1n) is 3.37. The van der Waals surface area contributed by atoms with Crippen molar-refractivity contribution in [2.75, 3.05) is 13.2 Å². The summed E-state index contributed by atoms with van der Waals surface area (Å²) in [5.74, 6) is 0. The lowest BCUT2D eigenvalue weighted by Gasteiger charge is -2.15. The minimum absolute atomic E-state index is 0.678. The zero-order chi connectivity index (χ0) is 13.0. The minimum Gasteiger partial charge on any atom is -0.394 e. The van der Waals surface area contributed by atoms with Crippen LogP contribution in [0.2, 0.25) is 0 Å². The maximum atomic E-state index is 10.8. The van der Waals surface area contributed by atoms with Crippen LogP contribution in [-0.4, -0.2) is 37.9 Å². The van der Waals surface area contributed by atoms with Gasteiger partial charge < -0.3 is 24.7 Å². The van der Waals surface area contributed by atoms with E-state index in [9.17, 15) is 13.7 Å². The summed E-state index contributed by atoms with van der Waals surface area (Å²) in [4.78, 5) is 33.6. The molecule has 2 atom stereocenters. The van der Waals surface area contributed by atoms with E-state index in [0.717, 1.165) is 0 Å². The molecular weight excluding hydrogens is 293 g/mol. The van der Waals surface area contributed by atoms with Gasteiger partial charge >= 0.3 is 23.5 Å². The summed E-state index contributed by atoms with van der Waals surface area (Å²) < 4.78 is 42.3. The van der Waals surface area contributed by atoms with E-state index in [1.54, 1.807) is 0 Å². The fraction of sp³-hybridized carbons (Fsp3) is 1.00. The zero-order valence-corrected chi connectivity index (χ0v) is 10.1. The van der Waals surface area contributed by atoms with Gasteiger partial charge in [0.05, 0.1) is 13.2 Å². The highest BCUT2D eigenvalue weighted by Crippen LogP contribution is 2.66. The molecule has 14 heteroatoms. The van der Waals surface area contributed by atoms with Gasteiger partial charge in [0, 0.05) is 0 Å². The summed E-state index contributed by atoms with van der Waals surface area (Å²) in [6, 6.07) is 0. The van der Waals surface area contributed by atoms with E-state index >= 15 is 0 Å². The minimum atomic E-state index is -5.46. The molecule has 0 aromatic carbocycles. The molecule has 11 nitrogen and oxygen atoms in total. The number of aliphatic hydroxyl groups excluding tert-OH is 1. The molecule has 0 saturated carbocycles. The van der Waals surface area contributed by atoms with E-state index in [1.807, 2.05) is 0 Å². The van der Waals surface area contributed by atoms with E-state index in [-0.39, 0.29) is 0 Å². The highest BCUT2D eigenvalue weighted by molar-refractivity contribution is 7.66. The highest BCUT2D eigenvalue weighted by atomic mass is 31.3. The zero-order valence-electron chi connectivity index (χ0n) is 7.44. The number of phosphoric ester groups is 1. The van der Waals surface area contributed by atoms with Gasteiger partial charge in [-0.1, -0.05) is 0 Å². The standard InChI is InChI=1S/C2H9O11P3/c3-1-2-11-15(7,8)13-16(9,10)12-14(4,5)6/h3H,1-2H2,(H,7,8)(H,9,10)(H2,4,5,6). The fourth-order valence-electron chi connectivity index (χ4n) is 0.459. The van der Waals surface area contributed by atoms with Gasteiger partial charge in [0.25, 0.3) is 0 Å². The van der Waals surface area contributed by atoms with E-state index < -0.39 is 36.7 Å². The van der Waals surface area contributed by atoms with Crippen molar-refractivity contribution in [3.05, 3.63) is 0 Å². The van der Waals surface area contributed by atoms with E-state index in [0.29, 0.717) is 0 Å². The van der Waals surface area contributed by atoms with E-state index in [4.69, 9.17) is 24.7 Å². The topological polar surface area (TPSA) is 180 Å². The molecule has 0 aliphatic rings. The Morgan fingerprint density at radius 1 is 0.875 bits per heavy atom. The monoisotopic (exact) mass is 302 g/mol. The Balaban J connectivity index is 4.52. The Bertz CT molecular complexity index is 354. The summed E-state index contributed by atoms with van der Waals surface area (Å²) in [6.45, 7) is -1.37. The Morgan fingerprint density at radius 3 is 1.75 bits per heavy atom. The van der Waals surface area contributed by atoms with Crippen LogP contribution in [0.4, 0.5) is 0 Å². The smallest absolute Gasteiger partial charge is 0.394 e. The third-order valence-corrected chi connectivity index (χ3v) is 4.60. The van der Waals surface area contributed by atoms with Crippen molar-refractivity contribution in [3.8, 4) is 0 Å². The third kappa shape index (κ3) is 8.51. The van der Waals surface area contributed by atoms with Crippen molar-refractivity contribution >= 4 is 23.5 Å². The largest absolute Gasteiger partial charge is 0.490 e. The van der Waals surface area contributed by atoms with Crippen LogP contribution in [-0.2, 0) is 26.8 Å². The van der Waals surface area contributed by atoms with Gasteiger partial charge in [-0.25, -0.2) is 13.7 Å². The molecule has 0 aliphatic carbocycles. The second kappa shape index (κ2) is 5.81. The SMILES string of the molecule is O=P(O)(O)OP(=O)(O)OP(=O)(O)OCCO. The van der Waals surface area contributed by atoms with Crippen LogP contribution < -0.4 is 0 Å². The lowest BCUT2D eigenvalue weighted by molar-refractivity contribution is 0.142. The molecule has 0 spiro atoms. The third-order valence-electron chi connectivity index (χ3n) is 0.762. The van der Waals surface area contributed by atoms with Crippen molar-refractivity contribution in [2.24, 2.45) is 0 Å². The second-order valence-electron chi connectivity index (χ2n) is 2.15. The van der Waals surface area contributed by atoms with Gasteiger partial charge in [-0.2, -0.15) is 8.62 Å². The van der Waals surface area contributed by atoms with Crippen molar-refractivity contribution in [3.63, 3.8) is 0 Å². The second-order valence-corrected chi connectivity index (χ2v) is 6.57. The Morgan fingerprint density at radius 2 is 1.38 bits per heavy atom. The van der Waals surface area contributed by atoms with Crippen molar-refractivity contribution in [1.82, 2.24) is 0 Å². The van der Waals surface area contributed by atoms with Crippen LogP contribution in [0.25, 0.3) is 0 Å². The predicted molar refractivity (Wildman–Crippen MR) is 46.9 cm³/mol. The molecule has 0 heterocycles. The van der Waals surface area contributed by atoms with Crippen LogP contribution in [0.15, 0.2) is 0 Å². The maximum absolute atomic E-state index is 10.8. The summed E-state index contributed by atoms with van der Waals surface area (Å²) in [5, 5.41) is 8.21. The highest BCUT2D eigenvalue weighted by Gasteiger charge is 2.40. The van der Waals surface area contributed by atoms with Crippen LogP contribution in [0.1, 0.15) is 0 Å². The summed E-state index contributed by atoms with van der Waals surface area (Å²) in [5.41, 5.74) is 0. The first-order chi connectivity index (χ1) is 6.97. The van der Waals surface area contributed by atoms with E-state index in [1.165, 1.54) is 0 Å². The maximum Gasteiger partial charge on any atom is 0.490 e. The van der Waals surface area contributed by atoms with Crippen LogP contribution in [0.5, 0.6) is 0 Å². The Hall–Kier alpha value is 0.370. The molecule has 0 aromatic heterocycles. The lowest BCUT2D eigenvalue weighted by atomic mass is 10.8. The average molecular weight is 302 g/mol. The first-order valence-corrected chi connectivity index (χ1v) is 7.89. The Kier molecular flexibility index (Phi) is 5.95. The lowest BCUT2D eigenvalue weighted by Crippen LogP contribution is -2.00. The predicted octanol–water partition coefficient (Wildman–Crippen LogP) is -0.678. The number of hydrogen-bond donors (Lipinski definition) is 5. The quantitative estimate of drug-likeness (QED) is 0.376. The van der Waals surface area contributed by atoms with Crippen LogP contribution >= 0.6 is 23.5 Å². The number of hydrogen-bond acceptors (Lipinski definition) is 7. The average Bonchev–Trinajstić information content (AvgIpc) is 1.93. The van der Waals surface area contributed by atoms with Crippen LogP contribution in [0, 0.1) is 0 Å². The summed E-state index contributed by atoms with van der Waals surface area (Å²) in [7, 11) is -15.9. The molecular formula is C2H9O11P3. The van der Waals surface area contributed by atoms with Gasteiger partial charge in [0.1, 0.15) is 0 Å². The molecule has 0 amide bonds. The van der Waals surface area contributed by atoms with Crippen molar-refractivity contribution < 1.29 is 51.5 Å². The normalized spacial score (nSPS) is 20.1. The summed E-state index contributed by atoms with van der Waals surface area (Å²) in [6.07, 6.45) is 0. The molecule has 0 aliphatic heterocycles. The van der Waals surface area contributed by atoms with Gasteiger partial charge in [-0.3, -0.25) is 4.52 Å². The van der Waals surface area contributed by atoms with Crippen molar-refractivity contribution in [2.45, 2.75) is 0 Å². The van der Waals surface area contributed by atoms with Gasteiger partial charge in [-0.05, 0) is 0 Å². The number of rotatable bonds is 7.